The maximum absolute atomic E-state index is 12.7. The molecule has 0 unspecified atom stereocenters. The normalized spacial score (nSPS) is 11.9. The molecule has 0 spiro atoms. The van der Waals surface area contributed by atoms with Crippen LogP contribution in [0.5, 0.6) is 11.6 Å². The summed E-state index contributed by atoms with van der Waals surface area (Å²) in [6.45, 7) is 0. The standard InChI is InChI=1S/C16H12ClF3N4O4S/c1-21-15(25)23-14(29-2)10-6-9(3-4-12(10)24(26)27)28-13-11(17)5-8(7-22-13)16(18,19)20/h3-7H,1-2H3,(H,21,25). The quantitative estimate of drug-likeness (QED) is 0.308. The van der Waals surface area contributed by atoms with Gasteiger partial charge in [-0.25, -0.2) is 9.78 Å². The fraction of sp³-hybridized carbons (Fsp3) is 0.188. The Bertz CT molecular complexity index is 985. The van der Waals surface area contributed by atoms with E-state index < -0.39 is 27.7 Å². The van der Waals surface area contributed by atoms with E-state index in [4.69, 9.17) is 16.3 Å². The first-order chi connectivity index (χ1) is 13.6. The maximum Gasteiger partial charge on any atom is 0.417 e. The third kappa shape index (κ3) is 5.57. The van der Waals surface area contributed by atoms with Crippen molar-refractivity contribution in [3.8, 4) is 11.6 Å². The number of halogens is 4. The van der Waals surface area contributed by atoms with E-state index >= 15 is 0 Å². The monoisotopic (exact) mass is 448 g/mol. The van der Waals surface area contributed by atoms with Crippen molar-refractivity contribution in [1.29, 1.82) is 0 Å². The van der Waals surface area contributed by atoms with Gasteiger partial charge in [-0.05, 0) is 24.5 Å². The molecule has 0 atom stereocenters. The van der Waals surface area contributed by atoms with Crippen molar-refractivity contribution < 1.29 is 27.6 Å². The molecular weight excluding hydrogens is 437 g/mol. The van der Waals surface area contributed by atoms with E-state index in [1.165, 1.54) is 19.2 Å². The summed E-state index contributed by atoms with van der Waals surface area (Å²) in [5.74, 6) is -0.327. The van der Waals surface area contributed by atoms with Crippen LogP contribution in [0.1, 0.15) is 11.1 Å². The van der Waals surface area contributed by atoms with Crippen LogP contribution in [0.4, 0.5) is 23.7 Å². The Hall–Kier alpha value is -2.86. The molecule has 0 fully saturated rings. The highest BCUT2D eigenvalue weighted by molar-refractivity contribution is 8.13. The number of urea groups is 1. The van der Waals surface area contributed by atoms with Gasteiger partial charge in [-0.3, -0.25) is 10.1 Å². The number of aliphatic imine (C=N–C) groups is 1. The molecule has 0 aliphatic carbocycles. The molecule has 8 nitrogen and oxygen atoms in total. The fourth-order valence-electron chi connectivity index (χ4n) is 2.04. The second kappa shape index (κ2) is 9.09. The number of hydrogen-bond donors (Lipinski definition) is 1. The van der Waals surface area contributed by atoms with E-state index in [2.05, 4.69) is 15.3 Å². The molecule has 2 rings (SSSR count). The minimum Gasteiger partial charge on any atom is -0.438 e. The summed E-state index contributed by atoms with van der Waals surface area (Å²) in [4.78, 5) is 29.5. The molecule has 0 aliphatic heterocycles. The van der Waals surface area contributed by atoms with Crippen LogP contribution in [0, 0.1) is 10.1 Å². The van der Waals surface area contributed by atoms with E-state index in [-0.39, 0.29) is 27.9 Å². The van der Waals surface area contributed by atoms with Gasteiger partial charge in [0.25, 0.3) is 5.69 Å². The zero-order valence-electron chi connectivity index (χ0n) is 14.8. The number of thioether (sulfide) groups is 1. The van der Waals surface area contributed by atoms with Crippen molar-refractivity contribution in [3.63, 3.8) is 0 Å². The number of pyridine rings is 1. The van der Waals surface area contributed by atoms with Gasteiger partial charge in [0.15, 0.2) is 0 Å². The molecule has 0 radical (unpaired) electrons. The number of nitro benzene ring substituents is 1. The average molecular weight is 449 g/mol. The van der Waals surface area contributed by atoms with Crippen molar-refractivity contribution in [2.75, 3.05) is 13.3 Å². The van der Waals surface area contributed by atoms with Crippen LogP contribution in [-0.4, -0.2) is 34.3 Å². The minimum absolute atomic E-state index is 0.00147. The molecule has 154 valence electrons. The molecule has 0 saturated heterocycles. The van der Waals surface area contributed by atoms with Gasteiger partial charge in [0.1, 0.15) is 15.8 Å². The first-order valence-corrected chi connectivity index (χ1v) is 9.21. The molecule has 1 aromatic carbocycles. The summed E-state index contributed by atoms with van der Waals surface area (Å²) < 4.78 is 43.5. The van der Waals surface area contributed by atoms with Gasteiger partial charge < -0.3 is 10.1 Å². The van der Waals surface area contributed by atoms with Crippen molar-refractivity contribution in [2.24, 2.45) is 4.99 Å². The van der Waals surface area contributed by atoms with Gasteiger partial charge in [-0.15, -0.1) is 11.8 Å². The highest BCUT2D eigenvalue weighted by Gasteiger charge is 2.32. The van der Waals surface area contributed by atoms with Crippen molar-refractivity contribution >= 4 is 40.1 Å². The Morgan fingerprint density at radius 1 is 1.38 bits per heavy atom. The number of nitrogens with one attached hydrogen (secondary N) is 1. The average Bonchev–Trinajstić information content (AvgIpc) is 2.66. The zero-order chi connectivity index (χ0) is 21.8. The molecule has 0 saturated carbocycles. The van der Waals surface area contributed by atoms with Crippen LogP contribution in [0.2, 0.25) is 5.02 Å². The number of carbonyl (C=O) groups is 1. The fourth-order valence-corrected chi connectivity index (χ4v) is 2.80. The molecular formula is C16H12ClF3N4O4S. The van der Waals surface area contributed by atoms with Crippen LogP contribution >= 0.6 is 23.4 Å². The SMILES string of the molecule is CNC(=O)N=C(SC)c1cc(Oc2ncc(C(F)(F)F)cc2Cl)ccc1[N+](=O)[O-]. The number of amides is 2. The number of benzene rings is 1. The van der Waals surface area contributed by atoms with Crippen molar-refractivity contribution in [2.45, 2.75) is 6.18 Å². The van der Waals surface area contributed by atoms with E-state index in [1.54, 1.807) is 6.26 Å². The molecule has 0 aliphatic rings. The van der Waals surface area contributed by atoms with Crippen LogP contribution in [0.25, 0.3) is 0 Å². The van der Waals surface area contributed by atoms with E-state index in [1.807, 2.05) is 0 Å². The lowest BCUT2D eigenvalue weighted by molar-refractivity contribution is -0.385. The lowest BCUT2D eigenvalue weighted by atomic mass is 10.2. The first kappa shape index (κ1) is 22.4. The van der Waals surface area contributed by atoms with Gasteiger partial charge in [-0.2, -0.15) is 18.2 Å². The number of nitro groups is 1. The topological polar surface area (TPSA) is 107 Å². The van der Waals surface area contributed by atoms with Crippen molar-refractivity contribution in [1.82, 2.24) is 10.3 Å². The number of rotatable bonds is 4. The van der Waals surface area contributed by atoms with Crippen LogP contribution < -0.4 is 10.1 Å². The Labute approximate surface area is 171 Å². The third-order valence-corrected chi connectivity index (χ3v) is 4.32. The predicted molar refractivity (Wildman–Crippen MR) is 102 cm³/mol. The Morgan fingerprint density at radius 3 is 2.59 bits per heavy atom. The number of hydrogen-bond acceptors (Lipinski definition) is 6. The molecule has 2 amide bonds. The first-order valence-electron chi connectivity index (χ1n) is 7.60. The van der Waals surface area contributed by atoms with Crippen LogP contribution in [-0.2, 0) is 6.18 Å². The second-order valence-electron chi connectivity index (χ2n) is 5.22. The molecule has 1 aromatic heterocycles. The molecule has 0 bridgehead atoms. The molecule has 13 heteroatoms. The Balaban J connectivity index is 2.47. The van der Waals surface area contributed by atoms with Crippen LogP contribution in [0.15, 0.2) is 35.5 Å². The van der Waals surface area contributed by atoms with Gasteiger partial charge in [0.05, 0.1) is 16.1 Å². The highest BCUT2D eigenvalue weighted by atomic mass is 35.5. The van der Waals surface area contributed by atoms with Crippen LogP contribution in [0.3, 0.4) is 0 Å². The largest absolute Gasteiger partial charge is 0.438 e. The molecule has 29 heavy (non-hydrogen) atoms. The van der Waals surface area contributed by atoms with Gasteiger partial charge in [0, 0.05) is 19.3 Å². The second-order valence-corrected chi connectivity index (χ2v) is 6.43. The van der Waals surface area contributed by atoms with E-state index in [9.17, 15) is 28.1 Å². The Morgan fingerprint density at radius 2 is 2.07 bits per heavy atom. The number of ether oxygens (including phenoxy) is 1. The van der Waals surface area contributed by atoms with E-state index in [0.717, 1.165) is 17.8 Å². The summed E-state index contributed by atoms with van der Waals surface area (Å²) in [5, 5.41) is 13.2. The Kier molecular flexibility index (Phi) is 7.03. The molecule has 2 aromatic rings. The van der Waals surface area contributed by atoms with Crippen molar-refractivity contribution in [3.05, 3.63) is 56.7 Å². The van der Waals surface area contributed by atoms with Gasteiger partial charge in [0.2, 0.25) is 5.88 Å². The summed E-state index contributed by atoms with van der Waals surface area (Å²) >= 11 is 6.79. The lowest BCUT2D eigenvalue weighted by Crippen LogP contribution is -2.15. The highest BCUT2D eigenvalue weighted by Crippen LogP contribution is 2.36. The number of alkyl halides is 3. The number of nitrogens with zero attached hydrogens (tertiary/aromatic N) is 3. The summed E-state index contributed by atoms with van der Waals surface area (Å²) in [6, 6.07) is 3.47. The third-order valence-electron chi connectivity index (χ3n) is 3.35. The predicted octanol–water partition coefficient (Wildman–Crippen LogP) is 4.90. The minimum atomic E-state index is -4.63. The van der Waals surface area contributed by atoms with Gasteiger partial charge in [-0.1, -0.05) is 11.6 Å². The number of carbonyl (C=O) groups excluding carboxylic acids is 1. The lowest BCUT2D eigenvalue weighted by Gasteiger charge is -2.11. The molecule has 1 heterocycles. The number of aromatic nitrogens is 1. The maximum atomic E-state index is 12.7. The smallest absolute Gasteiger partial charge is 0.417 e. The summed E-state index contributed by atoms with van der Waals surface area (Å²) in [7, 11) is 1.34. The van der Waals surface area contributed by atoms with Gasteiger partial charge >= 0.3 is 12.2 Å². The summed E-state index contributed by atoms with van der Waals surface area (Å²) in [5.41, 5.74) is -1.42. The van der Waals surface area contributed by atoms with E-state index in [0.29, 0.717) is 12.3 Å². The zero-order valence-corrected chi connectivity index (χ0v) is 16.4. The summed E-state index contributed by atoms with van der Waals surface area (Å²) in [6.07, 6.45) is -2.51. The molecule has 1 N–H and O–H groups in total.